The number of amides is 1. The van der Waals surface area contributed by atoms with E-state index in [0.717, 1.165) is 32.5 Å². The van der Waals surface area contributed by atoms with Gasteiger partial charge in [-0.05, 0) is 27.6 Å². The van der Waals surface area contributed by atoms with Gasteiger partial charge < -0.3 is 15.1 Å². The van der Waals surface area contributed by atoms with Crippen LogP contribution in [0.4, 0.5) is 0 Å². The van der Waals surface area contributed by atoms with E-state index in [2.05, 4.69) is 12.2 Å². The van der Waals surface area contributed by atoms with Crippen LogP contribution in [0, 0.1) is 0 Å². The maximum atomic E-state index is 11.8. The number of likely N-dealkylation sites (N-methyl/N-ethyl adjacent to an activating group) is 2. The molecule has 0 aromatic rings. The molecule has 15 heavy (non-hydrogen) atoms. The maximum Gasteiger partial charge on any atom is 0.236 e. The molecule has 0 fully saturated rings. The second-order valence-corrected chi connectivity index (χ2v) is 4.08. The molecule has 0 spiro atoms. The first-order chi connectivity index (χ1) is 7.11. The van der Waals surface area contributed by atoms with Gasteiger partial charge in [-0.3, -0.25) is 4.79 Å². The minimum atomic E-state index is 0.226. The molecule has 0 aliphatic rings. The molecule has 0 heterocycles. The average molecular weight is 215 g/mol. The molecule has 0 bridgehead atoms. The van der Waals surface area contributed by atoms with Crippen molar-refractivity contribution in [1.29, 1.82) is 0 Å². The van der Waals surface area contributed by atoms with Crippen molar-refractivity contribution in [2.24, 2.45) is 0 Å². The van der Waals surface area contributed by atoms with Crippen molar-refractivity contribution in [3.8, 4) is 0 Å². The van der Waals surface area contributed by atoms with E-state index in [0.29, 0.717) is 6.54 Å². The predicted molar refractivity (Wildman–Crippen MR) is 64.0 cm³/mol. The summed E-state index contributed by atoms with van der Waals surface area (Å²) in [6, 6.07) is 0. The Morgan fingerprint density at radius 2 is 1.93 bits per heavy atom. The summed E-state index contributed by atoms with van der Waals surface area (Å²) >= 11 is 0. The fourth-order valence-corrected chi connectivity index (χ4v) is 1.33. The molecule has 0 atom stereocenters. The Labute approximate surface area is 93.6 Å². The van der Waals surface area contributed by atoms with Gasteiger partial charge in [-0.25, -0.2) is 0 Å². The van der Waals surface area contributed by atoms with Gasteiger partial charge >= 0.3 is 0 Å². The molecule has 0 radical (unpaired) electrons. The van der Waals surface area contributed by atoms with Crippen LogP contribution in [0.2, 0.25) is 0 Å². The number of hydrogen-bond donors (Lipinski definition) is 1. The van der Waals surface area contributed by atoms with Gasteiger partial charge in [-0.2, -0.15) is 0 Å². The average Bonchev–Trinajstić information content (AvgIpc) is 2.17. The minimum absolute atomic E-state index is 0.226. The van der Waals surface area contributed by atoms with E-state index in [4.69, 9.17) is 0 Å². The van der Waals surface area contributed by atoms with Crippen molar-refractivity contribution in [3.63, 3.8) is 0 Å². The van der Waals surface area contributed by atoms with Crippen molar-refractivity contribution in [3.05, 3.63) is 0 Å². The molecule has 0 aromatic carbocycles. The molecule has 1 N–H and O–H groups in total. The third-order valence-corrected chi connectivity index (χ3v) is 2.22. The van der Waals surface area contributed by atoms with E-state index in [1.807, 2.05) is 30.9 Å². The van der Waals surface area contributed by atoms with Crippen LogP contribution in [0.3, 0.4) is 0 Å². The standard InChI is InChI=1S/C11H25N3O/c1-5-6-8-14(9-7-12-2)11(15)10-13(3)4/h12H,5-10H2,1-4H3. The highest BCUT2D eigenvalue weighted by Crippen LogP contribution is 1.96. The second kappa shape index (κ2) is 8.68. The highest BCUT2D eigenvalue weighted by molar-refractivity contribution is 5.78. The van der Waals surface area contributed by atoms with E-state index in [1.165, 1.54) is 0 Å². The molecule has 0 unspecified atom stereocenters. The first-order valence-electron chi connectivity index (χ1n) is 5.69. The van der Waals surface area contributed by atoms with Gasteiger partial charge in [-0.15, -0.1) is 0 Å². The smallest absolute Gasteiger partial charge is 0.236 e. The summed E-state index contributed by atoms with van der Waals surface area (Å²) < 4.78 is 0. The number of nitrogens with zero attached hydrogens (tertiary/aromatic N) is 2. The zero-order valence-electron chi connectivity index (χ0n) is 10.5. The number of carbonyl (C=O) groups excluding carboxylic acids is 1. The van der Waals surface area contributed by atoms with E-state index in [9.17, 15) is 4.79 Å². The fraction of sp³-hybridized carbons (Fsp3) is 0.909. The Kier molecular flexibility index (Phi) is 8.33. The lowest BCUT2D eigenvalue weighted by Crippen LogP contribution is -2.41. The van der Waals surface area contributed by atoms with Gasteiger partial charge in [-0.1, -0.05) is 13.3 Å². The molecular formula is C11H25N3O. The SMILES string of the molecule is CCCCN(CCNC)C(=O)CN(C)C. The zero-order valence-corrected chi connectivity index (χ0v) is 10.5. The maximum absolute atomic E-state index is 11.8. The molecular weight excluding hydrogens is 190 g/mol. The molecule has 0 rings (SSSR count). The van der Waals surface area contributed by atoms with Gasteiger partial charge in [0.25, 0.3) is 0 Å². The van der Waals surface area contributed by atoms with Crippen LogP contribution < -0.4 is 5.32 Å². The van der Waals surface area contributed by atoms with Crippen LogP contribution in [0.25, 0.3) is 0 Å². The summed E-state index contributed by atoms with van der Waals surface area (Å²) in [7, 11) is 5.76. The summed E-state index contributed by atoms with van der Waals surface area (Å²) in [6.07, 6.45) is 2.22. The van der Waals surface area contributed by atoms with Gasteiger partial charge in [0.05, 0.1) is 6.54 Å². The number of nitrogens with one attached hydrogen (secondary N) is 1. The Morgan fingerprint density at radius 3 is 2.40 bits per heavy atom. The summed E-state index contributed by atoms with van der Waals surface area (Å²) in [5.41, 5.74) is 0. The lowest BCUT2D eigenvalue weighted by atomic mass is 10.3. The number of hydrogen-bond acceptors (Lipinski definition) is 3. The quantitative estimate of drug-likeness (QED) is 0.636. The summed E-state index contributed by atoms with van der Waals surface area (Å²) in [5.74, 6) is 0.226. The highest BCUT2D eigenvalue weighted by atomic mass is 16.2. The zero-order chi connectivity index (χ0) is 11.7. The third-order valence-electron chi connectivity index (χ3n) is 2.22. The number of rotatable bonds is 8. The molecule has 0 saturated heterocycles. The van der Waals surface area contributed by atoms with Crippen LogP contribution in [-0.2, 0) is 4.79 Å². The molecule has 0 aromatic heterocycles. The van der Waals surface area contributed by atoms with E-state index in [1.54, 1.807) is 0 Å². The van der Waals surface area contributed by atoms with Crippen molar-refractivity contribution in [2.75, 3.05) is 47.3 Å². The molecule has 0 saturated carbocycles. The third kappa shape index (κ3) is 7.33. The van der Waals surface area contributed by atoms with E-state index >= 15 is 0 Å². The van der Waals surface area contributed by atoms with Crippen LogP contribution in [-0.4, -0.2) is 63.0 Å². The fourth-order valence-electron chi connectivity index (χ4n) is 1.33. The van der Waals surface area contributed by atoms with Crippen LogP contribution in [0.15, 0.2) is 0 Å². The van der Waals surface area contributed by atoms with Crippen LogP contribution >= 0.6 is 0 Å². The first kappa shape index (κ1) is 14.4. The summed E-state index contributed by atoms with van der Waals surface area (Å²) in [6.45, 7) is 5.21. The molecule has 90 valence electrons. The summed E-state index contributed by atoms with van der Waals surface area (Å²) in [5, 5.41) is 3.08. The van der Waals surface area contributed by atoms with Crippen molar-refractivity contribution in [1.82, 2.24) is 15.1 Å². The lowest BCUT2D eigenvalue weighted by molar-refractivity contribution is -0.131. The highest BCUT2D eigenvalue weighted by Gasteiger charge is 2.12. The normalized spacial score (nSPS) is 10.7. The minimum Gasteiger partial charge on any atom is -0.340 e. The Hall–Kier alpha value is -0.610. The van der Waals surface area contributed by atoms with Gasteiger partial charge in [0.15, 0.2) is 0 Å². The van der Waals surface area contributed by atoms with Gasteiger partial charge in [0, 0.05) is 19.6 Å². The molecule has 1 amide bonds. The van der Waals surface area contributed by atoms with Crippen molar-refractivity contribution >= 4 is 5.91 Å². The number of carbonyl (C=O) groups is 1. The molecule has 0 aliphatic heterocycles. The Balaban J connectivity index is 4.01. The molecule has 0 aliphatic carbocycles. The summed E-state index contributed by atoms with van der Waals surface area (Å²) in [4.78, 5) is 15.7. The van der Waals surface area contributed by atoms with E-state index < -0.39 is 0 Å². The van der Waals surface area contributed by atoms with Crippen LogP contribution in [0.5, 0.6) is 0 Å². The monoisotopic (exact) mass is 215 g/mol. The van der Waals surface area contributed by atoms with Gasteiger partial charge in [0.2, 0.25) is 5.91 Å². The molecule has 4 heteroatoms. The second-order valence-electron chi connectivity index (χ2n) is 4.08. The Morgan fingerprint density at radius 1 is 1.27 bits per heavy atom. The van der Waals surface area contributed by atoms with E-state index in [-0.39, 0.29) is 5.91 Å². The van der Waals surface area contributed by atoms with Crippen LogP contribution in [0.1, 0.15) is 19.8 Å². The number of unbranched alkanes of at least 4 members (excludes halogenated alkanes) is 1. The topological polar surface area (TPSA) is 35.6 Å². The van der Waals surface area contributed by atoms with Crippen molar-refractivity contribution in [2.45, 2.75) is 19.8 Å². The van der Waals surface area contributed by atoms with Crippen molar-refractivity contribution < 1.29 is 4.79 Å². The Bertz CT molecular complexity index is 163. The molecule has 4 nitrogen and oxygen atoms in total. The predicted octanol–water partition coefficient (Wildman–Crippen LogP) is 0.396. The first-order valence-corrected chi connectivity index (χ1v) is 5.69. The lowest BCUT2D eigenvalue weighted by Gasteiger charge is -2.24. The van der Waals surface area contributed by atoms with Gasteiger partial charge in [0.1, 0.15) is 0 Å². The largest absolute Gasteiger partial charge is 0.340 e.